The number of hydrogen-bond donors (Lipinski definition) is 0. The molecule has 2 unspecified atom stereocenters. The van der Waals surface area contributed by atoms with Crippen LogP contribution < -0.4 is 0 Å². The van der Waals surface area contributed by atoms with Crippen LogP contribution in [-0.4, -0.2) is 24.4 Å². The molecule has 0 radical (unpaired) electrons. The summed E-state index contributed by atoms with van der Waals surface area (Å²) in [7, 11) is 0. The summed E-state index contributed by atoms with van der Waals surface area (Å²) in [6.45, 7) is 8.36. The predicted octanol–water partition coefficient (Wildman–Crippen LogP) is 2.29. The summed E-state index contributed by atoms with van der Waals surface area (Å²) in [4.78, 5) is 12.6. The smallest absolute Gasteiger partial charge is 0.209 e. The Morgan fingerprint density at radius 1 is 1.46 bits per heavy atom. The highest BCUT2D eigenvalue weighted by atomic mass is 16.1. The largest absolute Gasteiger partial charge is 0.345 e. The second-order valence-electron chi connectivity index (χ2n) is 4.19. The molecule has 1 amide bonds. The first-order valence-electron chi connectivity index (χ1n) is 5.41. The highest BCUT2D eigenvalue weighted by Gasteiger charge is 2.51. The molecule has 2 heteroatoms. The Labute approximate surface area is 81.3 Å². The van der Waals surface area contributed by atoms with E-state index in [1.165, 1.54) is 19.3 Å². The molecule has 1 fully saturated rings. The van der Waals surface area contributed by atoms with Crippen molar-refractivity contribution in [3.8, 4) is 0 Å². The van der Waals surface area contributed by atoms with Crippen LogP contribution in [0, 0.1) is 11.3 Å². The first-order valence-corrected chi connectivity index (χ1v) is 5.41. The van der Waals surface area contributed by atoms with Crippen molar-refractivity contribution >= 4 is 6.41 Å². The summed E-state index contributed by atoms with van der Waals surface area (Å²) >= 11 is 0. The third kappa shape index (κ3) is 2.04. The first kappa shape index (κ1) is 10.6. The standard InChI is InChI=1S/C11H21NO/c1-4-10-7-11(10,5-2)8-12(6-3)9-13/h9-10H,4-8H2,1-3H3. The van der Waals surface area contributed by atoms with Crippen molar-refractivity contribution in [2.45, 2.75) is 40.0 Å². The number of hydrogen-bond acceptors (Lipinski definition) is 1. The van der Waals surface area contributed by atoms with Gasteiger partial charge in [-0.2, -0.15) is 0 Å². The Bertz CT molecular complexity index is 181. The van der Waals surface area contributed by atoms with Crippen molar-refractivity contribution < 1.29 is 4.79 Å². The van der Waals surface area contributed by atoms with E-state index in [0.717, 1.165) is 25.4 Å². The second kappa shape index (κ2) is 4.12. The van der Waals surface area contributed by atoms with Crippen molar-refractivity contribution in [3.05, 3.63) is 0 Å². The Balaban J connectivity index is 2.46. The molecule has 0 saturated heterocycles. The van der Waals surface area contributed by atoms with E-state index < -0.39 is 0 Å². The molecule has 0 heterocycles. The van der Waals surface area contributed by atoms with Gasteiger partial charge in [0.05, 0.1) is 0 Å². The maximum absolute atomic E-state index is 10.7. The average Bonchev–Trinajstić information content (AvgIpc) is 2.89. The van der Waals surface area contributed by atoms with Crippen molar-refractivity contribution in [2.24, 2.45) is 11.3 Å². The van der Waals surface area contributed by atoms with Gasteiger partial charge in [0.25, 0.3) is 0 Å². The minimum absolute atomic E-state index is 0.478. The van der Waals surface area contributed by atoms with E-state index in [2.05, 4.69) is 13.8 Å². The van der Waals surface area contributed by atoms with Gasteiger partial charge in [-0.3, -0.25) is 4.79 Å². The van der Waals surface area contributed by atoms with Gasteiger partial charge in [-0.25, -0.2) is 0 Å². The van der Waals surface area contributed by atoms with Gasteiger partial charge in [-0.15, -0.1) is 0 Å². The second-order valence-corrected chi connectivity index (χ2v) is 4.19. The summed E-state index contributed by atoms with van der Waals surface area (Å²) < 4.78 is 0. The highest BCUT2D eigenvalue weighted by Crippen LogP contribution is 2.57. The van der Waals surface area contributed by atoms with Gasteiger partial charge >= 0.3 is 0 Å². The van der Waals surface area contributed by atoms with Crippen LogP contribution in [0.3, 0.4) is 0 Å². The molecule has 0 N–H and O–H groups in total. The van der Waals surface area contributed by atoms with Crippen molar-refractivity contribution in [2.75, 3.05) is 13.1 Å². The lowest BCUT2D eigenvalue weighted by molar-refractivity contribution is -0.118. The third-order valence-electron chi connectivity index (χ3n) is 3.63. The first-order chi connectivity index (χ1) is 6.22. The number of nitrogens with zero attached hydrogens (tertiary/aromatic N) is 1. The molecule has 13 heavy (non-hydrogen) atoms. The minimum Gasteiger partial charge on any atom is -0.345 e. The number of rotatable bonds is 6. The lowest BCUT2D eigenvalue weighted by Crippen LogP contribution is -2.29. The summed E-state index contributed by atoms with van der Waals surface area (Å²) in [5, 5.41) is 0. The van der Waals surface area contributed by atoms with E-state index in [-0.39, 0.29) is 0 Å². The summed E-state index contributed by atoms with van der Waals surface area (Å²) in [6.07, 6.45) is 4.80. The zero-order valence-electron chi connectivity index (χ0n) is 9.05. The minimum atomic E-state index is 0.478. The van der Waals surface area contributed by atoms with Gasteiger partial charge in [0, 0.05) is 13.1 Å². The lowest BCUT2D eigenvalue weighted by Gasteiger charge is -2.22. The molecule has 76 valence electrons. The van der Waals surface area contributed by atoms with Gasteiger partial charge in [0.15, 0.2) is 0 Å². The maximum atomic E-state index is 10.7. The molecule has 0 aliphatic heterocycles. The maximum Gasteiger partial charge on any atom is 0.209 e. The van der Waals surface area contributed by atoms with Crippen LogP contribution in [0.25, 0.3) is 0 Å². The van der Waals surface area contributed by atoms with E-state index in [9.17, 15) is 4.79 Å². The summed E-state index contributed by atoms with van der Waals surface area (Å²) in [5.74, 6) is 0.867. The Morgan fingerprint density at radius 2 is 2.15 bits per heavy atom. The summed E-state index contributed by atoms with van der Waals surface area (Å²) in [5.41, 5.74) is 0.478. The molecule has 1 aliphatic rings. The molecule has 0 spiro atoms. The molecule has 2 atom stereocenters. The van der Waals surface area contributed by atoms with Crippen LogP contribution in [-0.2, 0) is 4.79 Å². The van der Waals surface area contributed by atoms with Gasteiger partial charge in [0.1, 0.15) is 0 Å². The van der Waals surface area contributed by atoms with E-state index in [4.69, 9.17) is 0 Å². The highest BCUT2D eigenvalue weighted by molar-refractivity contribution is 5.47. The molecule has 0 aromatic carbocycles. The molecule has 1 rings (SSSR count). The van der Waals surface area contributed by atoms with Crippen molar-refractivity contribution in [3.63, 3.8) is 0 Å². The van der Waals surface area contributed by atoms with Crippen LogP contribution in [0.2, 0.25) is 0 Å². The van der Waals surface area contributed by atoms with E-state index >= 15 is 0 Å². The molecule has 0 bridgehead atoms. The van der Waals surface area contributed by atoms with Crippen LogP contribution in [0.5, 0.6) is 0 Å². The predicted molar refractivity (Wildman–Crippen MR) is 54.4 cm³/mol. The van der Waals surface area contributed by atoms with Crippen LogP contribution in [0.15, 0.2) is 0 Å². The quantitative estimate of drug-likeness (QED) is 0.579. The Hall–Kier alpha value is -0.530. The molecule has 0 aromatic rings. The fourth-order valence-corrected chi connectivity index (χ4v) is 2.38. The molecule has 0 aromatic heterocycles. The van der Waals surface area contributed by atoms with E-state index in [0.29, 0.717) is 5.41 Å². The topological polar surface area (TPSA) is 20.3 Å². The molecule has 2 nitrogen and oxygen atoms in total. The monoisotopic (exact) mass is 183 g/mol. The lowest BCUT2D eigenvalue weighted by atomic mass is 9.98. The van der Waals surface area contributed by atoms with E-state index in [1.54, 1.807) is 0 Å². The zero-order chi connectivity index (χ0) is 9.90. The normalized spacial score (nSPS) is 31.5. The van der Waals surface area contributed by atoms with Gasteiger partial charge < -0.3 is 4.90 Å². The third-order valence-corrected chi connectivity index (χ3v) is 3.63. The molecular weight excluding hydrogens is 162 g/mol. The fraction of sp³-hybridized carbons (Fsp3) is 0.909. The zero-order valence-corrected chi connectivity index (χ0v) is 9.05. The Kier molecular flexibility index (Phi) is 3.34. The van der Waals surface area contributed by atoms with Gasteiger partial charge in [-0.05, 0) is 31.1 Å². The van der Waals surface area contributed by atoms with Crippen molar-refractivity contribution in [1.29, 1.82) is 0 Å². The summed E-state index contributed by atoms with van der Waals surface area (Å²) in [6, 6.07) is 0. The SMILES string of the molecule is CCC1CC1(CC)CN(C=O)CC. The number of amides is 1. The van der Waals surface area contributed by atoms with Crippen LogP contribution >= 0.6 is 0 Å². The van der Waals surface area contributed by atoms with Gasteiger partial charge in [0.2, 0.25) is 6.41 Å². The molecular formula is C11H21NO. The van der Waals surface area contributed by atoms with Gasteiger partial charge in [-0.1, -0.05) is 20.3 Å². The number of carbonyl (C=O) groups excluding carboxylic acids is 1. The number of carbonyl (C=O) groups is 1. The molecule has 1 aliphatic carbocycles. The van der Waals surface area contributed by atoms with Crippen LogP contribution in [0.1, 0.15) is 40.0 Å². The molecule has 1 saturated carbocycles. The Morgan fingerprint density at radius 3 is 2.46 bits per heavy atom. The van der Waals surface area contributed by atoms with Crippen LogP contribution in [0.4, 0.5) is 0 Å². The fourth-order valence-electron chi connectivity index (χ4n) is 2.38. The average molecular weight is 183 g/mol. The van der Waals surface area contributed by atoms with E-state index in [1.807, 2.05) is 11.8 Å². The van der Waals surface area contributed by atoms with Crippen molar-refractivity contribution in [1.82, 2.24) is 4.90 Å².